The molecule has 1 unspecified atom stereocenters. The molecule has 0 aliphatic carbocycles. The Kier molecular flexibility index (Phi) is 6.41. The van der Waals surface area contributed by atoms with Gasteiger partial charge in [-0.2, -0.15) is 9.49 Å². The number of piperidine rings is 1. The number of carbonyl (C=O) groups is 1. The van der Waals surface area contributed by atoms with Crippen LogP contribution in [-0.4, -0.2) is 47.5 Å². The third-order valence-corrected chi connectivity index (χ3v) is 5.44. The molecule has 2 rings (SSSR count). The van der Waals surface area contributed by atoms with Gasteiger partial charge in [0.1, 0.15) is 13.7 Å². The molecule has 7 heteroatoms. The van der Waals surface area contributed by atoms with Crippen LogP contribution < -0.4 is 0 Å². The van der Waals surface area contributed by atoms with Gasteiger partial charge in [-0.25, -0.2) is 9.48 Å². The highest BCUT2D eigenvalue weighted by molar-refractivity contribution is 6.83. The molecule has 27 heavy (non-hydrogen) atoms. The lowest BCUT2D eigenvalue weighted by atomic mass is 9.90. The maximum absolute atomic E-state index is 14.7. The fourth-order valence-electron chi connectivity index (χ4n) is 3.06. The zero-order chi connectivity index (χ0) is 20.4. The first-order valence-electron chi connectivity index (χ1n) is 9.61. The van der Waals surface area contributed by atoms with Gasteiger partial charge in [-0.15, -0.1) is 5.54 Å². The minimum absolute atomic E-state index is 0.0757. The first kappa shape index (κ1) is 21.5. The fraction of sp³-hybridized carbons (Fsp3) is 0.700. The summed E-state index contributed by atoms with van der Waals surface area (Å²) in [6.45, 7) is 15.2. The van der Waals surface area contributed by atoms with Crippen molar-refractivity contribution >= 4 is 14.2 Å². The number of likely N-dealkylation sites (tertiary alicyclic amines) is 1. The maximum Gasteiger partial charge on any atom is 0.410 e. The third-order valence-electron chi connectivity index (χ3n) is 4.57. The van der Waals surface area contributed by atoms with E-state index < -0.39 is 13.7 Å². The van der Waals surface area contributed by atoms with E-state index in [-0.39, 0.29) is 24.0 Å². The van der Waals surface area contributed by atoms with Gasteiger partial charge in [0.2, 0.25) is 5.95 Å². The molecular weight excluding hydrogens is 361 g/mol. The summed E-state index contributed by atoms with van der Waals surface area (Å²) in [4.78, 5) is 13.9. The molecule has 1 amide bonds. The summed E-state index contributed by atoms with van der Waals surface area (Å²) in [5, 5.41) is 4.24. The van der Waals surface area contributed by atoms with Crippen molar-refractivity contribution in [3.8, 4) is 11.5 Å². The van der Waals surface area contributed by atoms with Crippen molar-refractivity contribution in [2.45, 2.75) is 71.8 Å². The van der Waals surface area contributed by atoms with E-state index >= 15 is 0 Å². The quantitative estimate of drug-likeness (QED) is 0.550. The molecule has 0 N–H and O–H groups in total. The van der Waals surface area contributed by atoms with Crippen LogP contribution in [0.25, 0.3) is 0 Å². The highest BCUT2D eigenvalue weighted by Crippen LogP contribution is 2.30. The van der Waals surface area contributed by atoms with Crippen molar-refractivity contribution < 1.29 is 13.9 Å². The molecule has 1 atom stereocenters. The van der Waals surface area contributed by atoms with Crippen LogP contribution in [0.4, 0.5) is 9.18 Å². The number of rotatable bonds is 2. The maximum atomic E-state index is 14.7. The molecule has 0 bridgehead atoms. The Morgan fingerprint density at radius 1 is 1.33 bits per heavy atom. The molecule has 5 nitrogen and oxygen atoms in total. The number of ether oxygens (including phenoxy) is 1. The van der Waals surface area contributed by atoms with Crippen molar-refractivity contribution in [1.82, 2.24) is 14.7 Å². The summed E-state index contributed by atoms with van der Waals surface area (Å²) in [5.41, 5.74) is 3.06. The Labute approximate surface area is 163 Å². The summed E-state index contributed by atoms with van der Waals surface area (Å²) >= 11 is 0. The Bertz CT molecular complexity index is 729. The molecule has 1 aromatic heterocycles. The molecule has 1 aliphatic heterocycles. The molecule has 1 fully saturated rings. The van der Waals surface area contributed by atoms with Crippen LogP contribution >= 0.6 is 0 Å². The smallest absolute Gasteiger partial charge is 0.410 e. The largest absolute Gasteiger partial charge is 0.444 e. The molecule has 0 spiro atoms. The number of aromatic nitrogens is 2. The molecule has 1 aliphatic rings. The van der Waals surface area contributed by atoms with E-state index in [0.29, 0.717) is 18.7 Å². The van der Waals surface area contributed by atoms with E-state index in [0.717, 1.165) is 12.8 Å². The van der Waals surface area contributed by atoms with Crippen molar-refractivity contribution in [2.24, 2.45) is 5.92 Å². The SMILES string of the molecule is CC(C1CCN(C(=O)OC(C)(C)C)CC1)n1ncc(C#C[Si](C)(C)C)c1F. The standard InChI is InChI=1S/C20H32FN3O2Si/c1-15(24-18(21)17(14-22-24)10-13-27(5,6)7)16-8-11-23(12-9-16)19(25)26-20(2,3)4/h14-16H,8-9,11-12H2,1-7H3. The van der Waals surface area contributed by atoms with Crippen molar-refractivity contribution in [3.05, 3.63) is 17.7 Å². The zero-order valence-corrected chi connectivity index (χ0v) is 18.6. The fourth-order valence-corrected chi connectivity index (χ4v) is 3.57. The second-order valence-electron chi connectivity index (χ2n) is 9.34. The third kappa shape index (κ3) is 6.10. The Morgan fingerprint density at radius 2 is 1.93 bits per heavy atom. The van der Waals surface area contributed by atoms with Crippen LogP contribution in [0.2, 0.25) is 19.6 Å². The summed E-state index contributed by atoms with van der Waals surface area (Å²) in [6, 6.07) is -0.0757. The van der Waals surface area contributed by atoms with Gasteiger partial charge in [0.05, 0.1) is 17.8 Å². The van der Waals surface area contributed by atoms with E-state index in [1.165, 1.54) is 10.9 Å². The van der Waals surface area contributed by atoms with E-state index in [1.807, 2.05) is 27.7 Å². The first-order valence-corrected chi connectivity index (χ1v) is 13.1. The van der Waals surface area contributed by atoms with E-state index in [1.54, 1.807) is 4.90 Å². The topological polar surface area (TPSA) is 47.4 Å². The number of halogens is 1. The highest BCUT2D eigenvalue weighted by Gasteiger charge is 2.31. The summed E-state index contributed by atoms with van der Waals surface area (Å²) in [7, 11) is -1.56. The highest BCUT2D eigenvalue weighted by atomic mass is 28.3. The predicted octanol–water partition coefficient (Wildman–Crippen LogP) is 4.46. The van der Waals surface area contributed by atoms with Gasteiger partial charge in [0.25, 0.3) is 0 Å². The van der Waals surface area contributed by atoms with Crippen LogP contribution in [0.5, 0.6) is 0 Å². The summed E-state index contributed by atoms with van der Waals surface area (Å²) < 4.78 is 21.6. The Balaban J connectivity index is 2.00. The van der Waals surface area contributed by atoms with Crippen LogP contribution in [0.1, 0.15) is 52.1 Å². The predicted molar refractivity (Wildman–Crippen MR) is 108 cm³/mol. The summed E-state index contributed by atoms with van der Waals surface area (Å²) in [5.74, 6) is 2.86. The van der Waals surface area contributed by atoms with Crippen LogP contribution in [0.3, 0.4) is 0 Å². The molecular formula is C20H32FN3O2Si. The monoisotopic (exact) mass is 393 g/mol. The molecule has 1 saturated heterocycles. The van der Waals surface area contributed by atoms with Gasteiger partial charge >= 0.3 is 6.09 Å². The second-order valence-corrected chi connectivity index (χ2v) is 14.1. The summed E-state index contributed by atoms with van der Waals surface area (Å²) in [6.07, 6.45) is 2.85. The molecule has 0 radical (unpaired) electrons. The van der Waals surface area contributed by atoms with Gasteiger partial charge < -0.3 is 9.64 Å². The van der Waals surface area contributed by atoms with E-state index in [4.69, 9.17) is 4.74 Å². The van der Waals surface area contributed by atoms with Crippen molar-refractivity contribution in [2.75, 3.05) is 13.1 Å². The number of hydrogen-bond donors (Lipinski definition) is 0. The number of nitrogens with zero attached hydrogens (tertiary/aromatic N) is 3. The number of carbonyl (C=O) groups excluding carboxylic acids is 1. The van der Waals surface area contributed by atoms with Gasteiger partial charge in [0, 0.05) is 13.1 Å². The average molecular weight is 394 g/mol. The van der Waals surface area contributed by atoms with Gasteiger partial charge in [-0.1, -0.05) is 25.6 Å². The first-order chi connectivity index (χ1) is 12.4. The Morgan fingerprint density at radius 3 is 2.44 bits per heavy atom. The van der Waals surface area contributed by atoms with Crippen LogP contribution in [0.15, 0.2) is 6.20 Å². The minimum Gasteiger partial charge on any atom is -0.444 e. The lowest BCUT2D eigenvalue weighted by Crippen LogP contribution is -2.43. The lowest BCUT2D eigenvalue weighted by Gasteiger charge is -2.35. The molecule has 2 heterocycles. The van der Waals surface area contributed by atoms with Crippen molar-refractivity contribution in [1.29, 1.82) is 0 Å². The average Bonchev–Trinajstić information content (AvgIpc) is 2.91. The normalized spacial score (nSPS) is 17.3. The van der Waals surface area contributed by atoms with Gasteiger partial charge in [0.15, 0.2) is 0 Å². The van der Waals surface area contributed by atoms with Gasteiger partial charge in [-0.05, 0) is 46.5 Å². The molecule has 0 saturated carbocycles. The molecule has 150 valence electrons. The number of amides is 1. The van der Waals surface area contributed by atoms with E-state index in [2.05, 4.69) is 36.2 Å². The molecule has 0 aromatic carbocycles. The number of hydrogen-bond acceptors (Lipinski definition) is 3. The van der Waals surface area contributed by atoms with Crippen molar-refractivity contribution in [3.63, 3.8) is 0 Å². The van der Waals surface area contributed by atoms with Gasteiger partial charge in [-0.3, -0.25) is 0 Å². The lowest BCUT2D eigenvalue weighted by molar-refractivity contribution is 0.0161. The Hall–Kier alpha value is -1.81. The molecule has 1 aromatic rings. The zero-order valence-electron chi connectivity index (χ0n) is 17.6. The van der Waals surface area contributed by atoms with E-state index in [9.17, 15) is 9.18 Å². The van der Waals surface area contributed by atoms with Crippen LogP contribution in [-0.2, 0) is 4.74 Å². The minimum atomic E-state index is -1.56. The second kappa shape index (κ2) is 8.05. The van der Waals surface area contributed by atoms with Crippen LogP contribution in [0, 0.1) is 23.3 Å².